The number of phenolic OH excluding ortho intramolecular Hbond substituents is 1. The lowest BCUT2D eigenvalue weighted by Gasteiger charge is -2.06. The van der Waals surface area contributed by atoms with Crippen LogP contribution in [0.25, 0.3) is 11.1 Å². The minimum Gasteiger partial charge on any atom is -0.508 e. The Morgan fingerprint density at radius 1 is 1.00 bits per heavy atom. The largest absolute Gasteiger partial charge is 0.508 e. The number of rotatable bonds is 1. The Bertz CT molecular complexity index is 520. The maximum atomic E-state index is 9.51. The van der Waals surface area contributed by atoms with Crippen molar-refractivity contribution in [3.8, 4) is 16.9 Å². The molecule has 0 unspecified atom stereocenters. The lowest BCUT2D eigenvalue weighted by atomic mass is 10.1. The molecule has 4 heteroatoms. The number of phenols is 1. The van der Waals surface area contributed by atoms with Crippen LogP contribution in [0.15, 0.2) is 40.9 Å². The Morgan fingerprint density at radius 2 is 1.75 bits per heavy atom. The molecule has 0 saturated heterocycles. The van der Waals surface area contributed by atoms with Gasteiger partial charge in [0.25, 0.3) is 0 Å². The van der Waals surface area contributed by atoms with Gasteiger partial charge in [-0.05, 0) is 42.0 Å². The Kier molecular flexibility index (Phi) is 3.43. The van der Waals surface area contributed by atoms with Crippen LogP contribution in [0, 0.1) is 0 Å². The van der Waals surface area contributed by atoms with Gasteiger partial charge in [0.15, 0.2) is 0 Å². The van der Waals surface area contributed by atoms with Crippen molar-refractivity contribution in [3.05, 3.63) is 50.9 Å². The molecular formula is C12H7BrCl2O. The minimum absolute atomic E-state index is 0.181. The summed E-state index contributed by atoms with van der Waals surface area (Å²) in [5, 5.41) is 10.7. The molecule has 0 aliphatic carbocycles. The van der Waals surface area contributed by atoms with Gasteiger partial charge in [0.2, 0.25) is 0 Å². The van der Waals surface area contributed by atoms with E-state index in [0.29, 0.717) is 10.0 Å². The zero-order valence-corrected chi connectivity index (χ0v) is 11.1. The van der Waals surface area contributed by atoms with E-state index in [-0.39, 0.29) is 5.75 Å². The highest BCUT2D eigenvalue weighted by Crippen LogP contribution is 2.34. The van der Waals surface area contributed by atoms with Crippen molar-refractivity contribution in [2.75, 3.05) is 0 Å². The number of aromatic hydroxyl groups is 1. The molecule has 1 N–H and O–H groups in total. The molecule has 0 aromatic heterocycles. The second-order valence-electron chi connectivity index (χ2n) is 3.32. The quantitative estimate of drug-likeness (QED) is 0.773. The smallest absolute Gasteiger partial charge is 0.117 e. The van der Waals surface area contributed by atoms with Gasteiger partial charge in [-0.2, -0.15) is 0 Å². The molecular weight excluding hydrogens is 311 g/mol. The highest BCUT2D eigenvalue weighted by Gasteiger charge is 2.06. The summed E-state index contributed by atoms with van der Waals surface area (Å²) >= 11 is 15.3. The van der Waals surface area contributed by atoms with E-state index >= 15 is 0 Å². The van der Waals surface area contributed by atoms with Gasteiger partial charge in [-0.1, -0.05) is 39.1 Å². The monoisotopic (exact) mass is 316 g/mol. The molecule has 1 nitrogen and oxygen atoms in total. The highest BCUT2D eigenvalue weighted by atomic mass is 79.9. The third-order valence-electron chi connectivity index (χ3n) is 2.12. The summed E-state index contributed by atoms with van der Waals surface area (Å²) < 4.78 is 0.790. The van der Waals surface area contributed by atoms with Crippen molar-refractivity contribution in [3.63, 3.8) is 0 Å². The van der Waals surface area contributed by atoms with Gasteiger partial charge in [0.05, 0.1) is 0 Å². The molecule has 0 aliphatic rings. The van der Waals surface area contributed by atoms with E-state index in [0.717, 1.165) is 15.6 Å². The normalized spacial score (nSPS) is 10.4. The van der Waals surface area contributed by atoms with Crippen molar-refractivity contribution < 1.29 is 5.11 Å². The zero-order chi connectivity index (χ0) is 11.7. The molecule has 0 amide bonds. The molecule has 0 aliphatic heterocycles. The van der Waals surface area contributed by atoms with Crippen LogP contribution in [-0.2, 0) is 0 Å². The van der Waals surface area contributed by atoms with Crippen LogP contribution in [-0.4, -0.2) is 5.11 Å². The Balaban J connectivity index is 2.62. The molecule has 0 heterocycles. The van der Waals surface area contributed by atoms with Crippen LogP contribution < -0.4 is 0 Å². The molecule has 2 rings (SSSR count). The van der Waals surface area contributed by atoms with E-state index in [4.69, 9.17) is 23.2 Å². The van der Waals surface area contributed by atoms with Gasteiger partial charge >= 0.3 is 0 Å². The number of halogens is 3. The third kappa shape index (κ3) is 2.51. The van der Waals surface area contributed by atoms with Crippen LogP contribution in [0.1, 0.15) is 0 Å². The number of hydrogen-bond donors (Lipinski definition) is 1. The van der Waals surface area contributed by atoms with E-state index in [2.05, 4.69) is 15.9 Å². The van der Waals surface area contributed by atoms with Crippen LogP contribution in [0.3, 0.4) is 0 Å². The first-order valence-electron chi connectivity index (χ1n) is 4.51. The summed E-state index contributed by atoms with van der Waals surface area (Å²) in [4.78, 5) is 0. The fraction of sp³-hybridized carbons (Fsp3) is 0. The number of benzene rings is 2. The zero-order valence-electron chi connectivity index (χ0n) is 8.05. The fourth-order valence-corrected chi connectivity index (χ4v) is 2.33. The Hall–Kier alpha value is -0.700. The Labute approximate surface area is 112 Å². The van der Waals surface area contributed by atoms with E-state index in [1.807, 2.05) is 6.07 Å². The summed E-state index contributed by atoms with van der Waals surface area (Å²) in [7, 11) is 0. The van der Waals surface area contributed by atoms with Crippen LogP contribution >= 0.6 is 39.1 Å². The molecule has 0 radical (unpaired) electrons. The first kappa shape index (κ1) is 11.8. The standard InChI is InChI=1S/C12H7BrCl2O/c13-8-3-7(4-10(16)5-8)11-6-9(14)1-2-12(11)15/h1-6,16H. The lowest BCUT2D eigenvalue weighted by molar-refractivity contribution is 0.475. The van der Waals surface area contributed by atoms with Gasteiger partial charge in [-0.15, -0.1) is 0 Å². The van der Waals surface area contributed by atoms with Gasteiger partial charge < -0.3 is 5.11 Å². The van der Waals surface area contributed by atoms with Crippen molar-refractivity contribution in [1.29, 1.82) is 0 Å². The molecule has 82 valence electrons. The van der Waals surface area contributed by atoms with Crippen molar-refractivity contribution in [1.82, 2.24) is 0 Å². The molecule has 0 spiro atoms. The molecule has 0 saturated carbocycles. The summed E-state index contributed by atoms with van der Waals surface area (Å²) in [5.74, 6) is 0.181. The molecule has 16 heavy (non-hydrogen) atoms. The van der Waals surface area contributed by atoms with Crippen molar-refractivity contribution >= 4 is 39.1 Å². The van der Waals surface area contributed by atoms with Gasteiger partial charge in [-0.3, -0.25) is 0 Å². The third-order valence-corrected chi connectivity index (χ3v) is 3.14. The SMILES string of the molecule is Oc1cc(Br)cc(-c2cc(Cl)ccc2Cl)c1. The van der Waals surface area contributed by atoms with E-state index < -0.39 is 0 Å². The summed E-state index contributed by atoms with van der Waals surface area (Å²) in [6, 6.07) is 10.4. The van der Waals surface area contributed by atoms with Crippen molar-refractivity contribution in [2.45, 2.75) is 0 Å². The maximum absolute atomic E-state index is 9.51. The van der Waals surface area contributed by atoms with Crippen LogP contribution in [0.5, 0.6) is 5.75 Å². The first-order valence-corrected chi connectivity index (χ1v) is 6.06. The minimum atomic E-state index is 0.181. The second kappa shape index (κ2) is 4.66. The van der Waals surface area contributed by atoms with Crippen molar-refractivity contribution in [2.24, 2.45) is 0 Å². The molecule has 0 atom stereocenters. The van der Waals surface area contributed by atoms with Gasteiger partial charge in [0.1, 0.15) is 5.75 Å². The molecule has 0 bridgehead atoms. The van der Waals surface area contributed by atoms with E-state index in [1.54, 1.807) is 30.3 Å². The second-order valence-corrected chi connectivity index (χ2v) is 5.08. The van der Waals surface area contributed by atoms with Crippen LogP contribution in [0.2, 0.25) is 10.0 Å². The average Bonchev–Trinajstić information content (AvgIpc) is 2.20. The highest BCUT2D eigenvalue weighted by molar-refractivity contribution is 9.10. The predicted molar refractivity (Wildman–Crippen MR) is 71.3 cm³/mol. The van der Waals surface area contributed by atoms with E-state index in [9.17, 15) is 5.11 Å². The van der Waals surface area contributed by atoms with Crippen LogP contribution in [0.4, 0.5) is 0 Å². The summed E-state index contributed by atoms with van der Waals surface area (Å²) in [6.07, 6.45) is 0. The Morgan fingerprint density at radius 3 is 2.44 bits per heavy atom. The topological polar surface area (TPSA) is 20.2 Å². The predicted octanol–water partition coefficient (Wildman–Crippen LogP) is 5.13. The van der Waals surface area contributed by atoms with Gasteiger partial charge in [-0.25, -0.2) is 0 Å². The fourth-order valence-electron chi connectivity index (χ4n) is 1.45. The van der Waals surface area contributed by atoms with Gasteiger partial charge in [0, 0.05) is 20.1 Å². The maximum Gasteiger partial charge on any atom is 0.117 e. The van der Waals surface area contributed by atoms with E-state index in [1.165, 1.54) is 0 Å². The summed E-state index contributed by atoms with van der Waals surface area (Å²) in [6.45, 7) is 0. The molecule has 2 aromatic rings. The first-order chi connectivity index (χ1) is 7.56. The summed E-state index contributed by atoms with van der Waals surface area (Å²) in [5.41, 5.74) is 1.62. The number of hydrogen-bond acceptors (Lipinski definition) is 1. The lowest BCUT2D eigenvalue weighted by Crippen LogP contribution is -1.80. The molecule has 0 fully saturated rings. The molecule has 2 aromatic carbocycles. The average molecular weight is 318 g/mol.